The van der Waals surface area contributed by atoms with Crippen molar-refractivity contribution in [3.8, 4) is 0 Å². The minimum absolute atomic E-state index is 0.0184. The minimum atomic E-state index is -0.329. The first kappa shape index (κ1) is 14.0. The van der Waals surface area contributed by atoms with Crippen molar-refractivity contribution < 1.29 is 9.90 Å². The van der Waals surface area contributed by atoms with Gasteiger partial charge < -0.3 is 15.7 Å². The van der Waals surface area contributed by atoms with E-state index >= 15 is 0 Å². The first-order valence-corrected chi connectivity index (χ1v) is 6.92. The molecule has 1 aliphatic heterocycles. The molecule has 0 aromatic heterocycles. The second kappa shape index (κ2) is 6.68. The lowest BCUT2D eigenvalue weighted by molar-refractivity contribution is -0.125. The third kappa shape index (κ3) is 3.55. The predicted molar refractivity (Wildman–Crippen MR) is 74.6 cm³/mol. The molecule has 4 nitrogen and oxygen atoms in total. The molecule has 3 N–H and O–H groups in total. The van der Waals surface area contributed by atoms with Crippen LogP contribution in [0.1, 0.15) is 31.4 Å². The molecule has 0 aliphatic carbocycles. The molecule has 1 aromatic carbocycles. The molecule has 0 spiro atoms. The van der Waals surface area contributed by atoms with Gasteiger partial charge in [0.25, 0.3) is 0 Å². The van der Waals surface area contributed by atoms with Crippen LogP contribution in [0.4, 0.5) is 0 Å². The molecule has 0 saturated carbocycles. The normalized spacial score (nSPS) is 24.7. The van der Waals surface area contributed by atoms with Gasteiger partial charge in [0.2, 0.25) is 5.91 Å². The molecule has 1 amide bonds. The molecule has 104 valence electrons. The van der Waals surface area contributed by atoms with Crippen LogP contribution < -0.4 is 10.6 Å². The predicted octanol–water partition coefficient (Wildman–Crippen LogP) is 1.22. The van der Waals surface area contributed by atoms with Crippen molar-refractivity contribution in [2.45, 2.75) is 31.8 Å². The average Bonchev–Trinajstić information content (AvgIpc) is 2.46. The maximum Gasteiger partial charge on any atom is 0.237 e. The number of carbonyl (C=O) groups is 1. The van der Waals surface area contributed by atoms with Crippen LogP contribution in [0.2, 0.25) is 0 Å². The van der Waals surface area contributed by atoms with E-state index in [9.17, 15) is 9.90 Å². The summed E-state index contributed by atoms with van der Waals surface area (Å²) >= 11 is 0. The zero-order valence-electron chi connectivity index (χ0n) is 11.3. The Morgan fingerprint density at radius 1 is 1.47 bits per heavy atom. The lowest BCUT2D eigenvalue weighted by atomic mass is 9.92. The van der Waals surface area contributed by atoms with Gasteiger partial charge >= 0.3 is 0 Å². The highest BCUT2D eigenvalue weighted by Crippen LogP contribution is 2.17. The molecule has 3 unspecified atom stereocenters. The molecular formula is C15H22N2O2. The molecule has 4 heteroatoms. The van der Waals surface area contributed by atoms with Gasteiger partial charge in [-0.1, -0.05) is 37.3 Å². The van der Waals surface area contributed by atoms with Crippen LogP contribution in [0.15, 0.2) is 30.3 Å². The molecule has 1 saturated heterocycles. The quantitative estimate of drug-likeness (QED) is 0.764. The van der Waals surface area contributed by atoms with Crippen molar-refractivity contribution in [2.24, 2.45) is 5.92 Å². The Bertz CT molecular complexity index is 408. The summed E-state index contributed by atoms with van der Waals surface area (Å²) in [5.41, 5.74) is 0.932. The molecule has 3 atom stereocenters. The monoisotopic (exact) mass is 262 g/mol. The second-order valence-corrected chi connectivity index (χ2v) is 5.21. The van der Waals surface area contributed by atoms with Gasteiger partial charge in [-0.25, -0.2) is 0 Å². The van der Waals surface area contributed by atoms with Gasteiger partial charge in [-0.15, -0.1) is 0 Å². The Morgan fingerprint density at radius 3 is 2.84 bits per heavy atom. The fourth-order valence-electron chi connectivity index (χ4n) is 2.58. The largest absolute Gasteiger partial charge is 0.394 e. The molecule has 1 heterocycles. The molecule has 1 fully saturated rings. The van der Waals surface area contributed by atoms with Crippen molar-refractivity contribution in [1.29, 1.82) is 0 Å². The van der Waals surface area contributed by atoms with Crippen LogP contribution in [0.3, 0.4) is 0 Å². The maximum atomic E-state index is 12.3. The van der Waals surface area contributed by atoms with Crippen LogP contribution in [0.25, 0.3) is 0 Å². The zero-order valence-corrected chi connectivity index (χ0v) is 11.3. The van der Waals surface area contributed by atoms with E-state index in [0.717, 1.165) is 24.9 Å². The number of benzene rings is 1. The van der Waals surface area contributed by atoms with Gasteiger partial charge in [0.15, 0.2) is 0 Å². The van der Waals surface area contributed by atoms with E-state index in [0.29, 0.717) is 5.92 Å². The van der Waals surface area contributed by atoms with Gasteiger partial charge in [-0.2, -0.15) is 0 Å². The van der Waals surface area contributed by atoms with Gasteiger partial charge in [-0.05, 0) is 30.9 Å². The summed E-state index contributed by atoms with van der Waals surface area (Å²) in [7, 11) is 0. The van der Waals surface area contributed by atoms with Crippen molar-refractivity contribution in [3.05, 3.63) is 35.9 Å². The molecular weight excluding hydrogens is 240 g/mol. The Morgan fingerprint density at radius 2 is 2.21 bits per heavy atom. The van der Waals surface area contributed by atoms with Crippen molar-refractivity contribution in [3.63, 3.8) is 0 Å². The third-order valence-corrected chi connectivity index (χ3v) is 3.75. The van der Waals surface area contributed by atoms with Crippen molar-refractivity contribution >= 4 is 5.91 Å². The number of hydrogen-bond donors (Lipinski definition) is 3. The van der Waals surface area contributed by atoms with Crippen molar-refractivity contribution in [2.75, 3.05) is 13.2 Å². The Labute approximate surface area is 114 Å². The van der Waals surface area contributed by atoms with Crippen molar-refractivity contribution in [1.82, 2.24) is 10.6 Å². The number of aliphatic hydroxyl groups is 1. The topological polar surface area (TPSA) is 61.4 Å². The van der Waals surface area contributed by atoms with E-state index in [1.807, 2.05) is 30.3 Å². The average molecular weight is 262 g/mol. The summed E-state index contributed by atoms with van der Waals surface area (Å²) in [6.07, 6.45) is 2.19. The summed E-state index contributed by atoms with van der Waals surface area (Å²) in [5, 5.41) is 15.6. The highest BCUT2D eigenvalue weighted by molar-refractivity contribution is 5.82. The third-order valence-electron chi connectivity index (χ3n) is 3.75. The van der Waals surface area contributed by atoms with E-state index in [4.69, 9.17) is 0 Å². The summed E-state index contributed by atoms with van der Waals surface area (Å²) in [4.78, 5) is 12.3. The Hall–Kier alpha value is -1.39. The lowest BCUT2D eigenvalue weighted by Gasteiger charge is -2.30. The lowest BCUT2D eigenvalue weighted by Crippen LogP contribution is -2.51. The summed E-state index contributed by atoms with van der Waals surface area (Å²) in [5.74, 6) is 0.318. The number of carbonyl (C=O) groups excluding carboxylic acids is 1. The summed E-state index contributed by atoms with van der Waals surface area (Å²) < 4.78 is 0. The van der Waals surface area contributed by atoms with Crippen LogP contribution in [0.5, 0.6) is 0 Å². The molecule has 2 rings (SSSR count). The number of amides is 1. The maximum absolute atomic E-state index is 12.3. The summed E-state index contributed by atoms with van der Waals surface area (Å²) in [6, 6.07) is 9.09. The number of piperidine rings is 1. The van der Waals surface area contributed by atoms with Gasteiger partial charge in [0.05, 0.1) is 18.7 Å². The Kier molecular flexibility index (Phi) is 4.93. The standard InChI is InChI=1S/C15H22N2O2/c1-11-6-5-9-16-14(11)15(19)17-13(10-18)12-7-3-2-4-8-12/h2-4,7-8,11,13-14,16,18H,5-6,9-10H2,1H3,(H,17,19). The SMILES string of the molecule is CC1CCCNC1C(=O)NC(CO)c1ccccc1. The van der Waals surface area contributed by atoms with Crippen LogP contribution in [0, 0.1) is 5.92 Å². The molecule has 1 aliphatic rings. The van der Waals surface area contributed by atoms with E-state index < -0.39 is 0 Å². The van der Waals surface area contributed by atoms with Gasteiger partial charge in [0, 0.05) is 0 Å². The first-order valence-electron chi connectivity index (χ1n) is 6.92. The highest BCUT2D eigenvalue weighted by atomic mass is 16.3. The van der Waals surface area contributed by atoms with E-state index in [2.05, 4.69) is 17.6 Å². The fraction of sp³-hybridized carbons (Fsp3) is 0.533. The van der Waals surface area contributed by atoms with Gasteiger partial charge in [0.1, 0.15) is 0 Å². The Balaban J connectivity index is 2.00. The van der Waals surface area contributed by atoms with Crippen LogP contribution >= 0.6 is 0 Å². The van der Waals surface area contributed by atoms with E-state index in [1.165, 1.54) is 0 Å². The number of rotatable bonds is 4. The second-order valence-electron chi connectivity index (χ2n) is 5.21. The fourth-order valence-corrected chi connectivity index (χ4v) is 2.58. The molecule has 0 radical (unpaired) electrons. The minimum Gasteiger partial charge on any atom is -0.394 e. The molecule has 19 heavy (non-hydrogen) atoms. The number of aliphatic hydroxyl groups excluding tert-OH is 1. The van der Waals surface area contributed by atoms with Crippen LogP contribution in [-0.4, -0.2) is 30.2 Å². The smallest absolute Gasteiger partial charge is 0.237 e. The number of nitrogens with one attached hydrogen (secondary N) is 2. The highest BCUT2D eigenvalue weighted by Gasteiger charge is 2.28. The molecule has 1 aromatic rings. The first-order chi connectivity index (χ1) is 9.22. The zero-order chi connectivity index (χ0) is 13.7. The molecule has 0 bridgehead atoms. The van der Waals surface area contributed by atoms with E-state index in [-0.39, 0.29) is 24.6 Å². The summed E-state index contributed by atoms with van der Waals surface area (Å²) in [6.45, 7) is 2.89. The number of hydrogen-bond acceptors (Lipinski definition) is 3. The van der Waals surface area contributed by atoms with Crippen LogP contribution in [-0.2, 0) is 4.79 Å². The van der Waals surface area contributed by atoms with E-state index in [1.54, 1.807) is 0 Å². The van der Waals surface area contributed by atoms with Gasteiger partial charge in [-0.3, -0.25) is 4.79 Å².